The average molecular weight is 438 g/mol. The lowest BCUT2D eigenvalue weighted by Crippen LogP contribution is -2.20. The van der Waals surface area contributed by atoms with E-state index >= 15 is 0 Å². The van der Waals surface area contributed by atoms with E-state index in [4.69, 9.17) is 4.74 Å². The number of esters is 1. The molecule has 2 N–H and O–H groups in total. The first kappa shape index (κ1) is 18.1. The van der Waals surface area contributed by atoms with Crippen molar-refractivity contribution in [2.45, 2.75) is 6.04 Å². The number of anilines is 1. The van der Waals surface area contributed by atoms with E-state index in [0.29, 0.717) is 22.5 Å². The van der Waals surface area contributed by atoms with E-state index in [-0.39, 0.29) is 12.6 Å². The van der Waals surface area contributed by atoms with Crippen molar-refractivity contribution in [3.05, 3.63) is 82.9 Å². The summed E-state index contributed by atoms with van der Waals surface area (Å²) in [5.41, 5.74) is 2.71. The number of hydrogen-bond acceptors (Lipinski definition) is 6. The first-order valence-corrected chi connectivity index (χ1v) is 9.38. The molecule has 0 aliphatic heterocycles. The van der Waals surface area contributed by atoms with Crippen molar-refractivity contribution in [2.75, 3.05) is 11.9 Å². The zero-order chi connectivity index (χ0) is 19.3. The number of carbonyl (C=O) groups is 1. The monoisotopic (exact) mass is 437 g/mol. The Morgan fingerprint density at radius 2 is 1.96 bits per heavy atom. The molecule has 0 bridgehead atoms. The predicted octanol–water partition coefficient (Wildman–Crippen LogP) is 4.13. The van der Waals surface area contributed by atoms with E-state index in [1.54, 1.807) is 24.5 Å². The van der Waals surface area contributed by atoms with Crippen molar-refractivity contribution >= 4 is 38.9 Å². The quantitative estimate of drug-likeness (QED) is 0.440. The summed E-state index contributed by atoms with van der Waals surface area (Å²) in [6.07, 6.45) is 3.01. The molecule has 0 aliphatic rings. The van der Waals surface area contributed by atoms with Gasteiger partial charge in [0.15, 0.2) is 11.5 Å². The Balaban J connectivity index is 1.56. The normalized spacial score (nSPS) is 11.9. The van der Waals surface area contributed by atoms with Crippen molar-refractivity contribution < 1.29 is 9.53 Å². The van der Waals surface area contributed by atoms with Crippen molar-refractivity contribution in [3.63, 3.8) is 0 Å². The van der Waals surface area contributed by atoms with Gasteiger partial charge in [-0.05, 0) is 23.8 Å². The van der Waals surface area contributed by atoms with Crippen LogP contribution in [0.15, 0.2) is 71.7 Å². The molecular formula is C20H16BrN5O2. The lowest BCUT2D eigenvalue weighted by atomic mass is 10.1. The van der Waals surface area contributed by atoms with Gasteiger partial charge in [-0.25, -0.2) is 19.7 Å². The number of imidazole rings is 1. The maximum atomic E-state index is 12.4. The number of H-pyrrole nitrogens is 1. The van der Waals surface area contributed by atoms with Crippen molar-refractivity contribution in [3.8, 4) is 0 Å². The van der Waals surface area contributed by atoms with Crippen LogP contribution in [-0.4, -0.2) is 32.5 Å². The topological polar surface area (TPSA) is 92.8 Å². The van der Waals surface area contributed by atoms with Crippen LogP contribution in [0.1, 0.15) is 22.0 Å². The zero-order valence-corrected chi connectivity index (χ0v) is 16.3. The van der Waals surface area contributed by atoms with Crippen molar-refractivity contribution in [1.82, 2.24) is 19.9 Å². The summed E-state index contributed by atoms with van der Waals surface area (Å²) >= 11 is 3.37. The summed E-state index contributed by atoms with van der Waals surface area (Å²) in [4.78, 5) is 28.0. The third-order valence-electron chi connectivity index (χ3n) is 4.18. The first-order chi connectivity index (χ1) is 13.7. The maximum Gasteiger partial charge on any atom is 0.338 e. The van der Waals surface area contributed by atoms with E-state index in [1.807, 2.05) is 36.4 Å². The third-order valence-corrected chi connectivity index (χ3v) is 4.67. The molecule has 0 saturated carbocycles. The highest BCUT2D eigenvalue weighted by atomic mass is 79.9. The number of nitrogens with zero attached hydrogens (tertiary/aromatic N) is 3. The van der Waals surface area contributed by atoms with Gasteiger partial charge in [0.1, 0.15) is 18.5 Å². The summed E-state index contributed by atoms with van der Waals surface area (Å²) in [6, 6.07) is 16.6. The van der Waals surface area contributed by atoms with E-state index in [9.17, 15) is 4.79 Å². The number of nitrogens with one attached hydrogen (secondary N) is 2. The van der Waals surface area contributed by atoms with E-state index < -0.39 is 5.97 Å². The molecule has 8 heteroatoms. The number of aromatic amines is 1. The minimum atomic E-state index is -0.390. The SMILES string of the molecule is O=C(OCC(Nc1ncnc2nc[nH]c12)c1ccccc1)c1cccc(Br)c1. The number of hydrogen-bond donors (Lipinski definition) is 2. The average Bonchev–Trinajstić information content (AvgIpc) is 3.21. The van der Waals surface area contributed by atoms with Crippen molar-refractivity contribution in [2.24, 2.45) is 0 Å². The molecule has 140 valence electrons. The largest absolute Gasteiger partial charge is 0.460 e. The van der Waals surface area contributed by atoms with Gasteiger partial charge in [-0.2, -0.15) is 0 Å². The number of carbonyl (C=O) groups excluding carboxylic acids is 1. The number of halogens is 1. The summed E-state index contributed by atoms with van der Waals surface area (Å²) in [7, 11) is 0. The van der Waals surface area contributed by atoms with Crippen LogP contribution in [0.2, 0.25) is 0 Å². The second-order valence-electron chi connectivity index (χ2n) is 6.04. The molecule has 2 aromatic carbocycles. The van der Waals surface area contributed by atoms with Gasteiger partial charge in [-0.15, -0.1) is 0 Å². The van der Waals surface area contributed by atoms with Gasteiger partial charge in [0.2, 0.25) is 0 Å². The Morgan fingerprint density at radius 3 is 2.79 bits per heavy atom. The Labute approximate surface area is 169 Å². The van der Waals surface area contributed by atoms with Crippen molar-refractivity contribution in [1.29, 1.82) is 0 Å². The predicted molar refractivity (Wildman–Crippen MR) is 109 cm³/mol. The fourth-order valence-corrected chi connectivity index (χ4v) is 3.20. The molecule has 0 aliphatic carbocycles. The van der Waals surface area contributed by atoms with E-state index in [0.717, 1.165) is 10.0 Å². The van der Waals surface area contributed by atoms with Crippen LogP contribution in [0.5, 0.6) is 0 Å². The van der Waals surface area contributed by atoms with E-state index in [1.165, 1.54) is 6.33 Å². The Bertz CT molecular complexity index is 1100. The molecule has 2 heterocycles. The summed E-state index contributed by atoms with van der Waals surface area (Å²) in [5.74, 6) is 0.202. The zero-order valence-electron chi connectivity index (χ0n) is 14.7. The fourth-order valence-electron chi connectivity index (χ4n) is 2.80. The van der Waals surface area contributed by atoms with Crippen LogP contribution in [0, 0.1) is 0 Å². The molecule has 28 heavy (non-hydrogen) atoms. The number of ether oxygens (including phenoxy) is 1. The van der Waals surface area contributed by atoms with Gasteiger partial charge in [-0.1, -0.05) is 52.3 Å². The molecule has 0 saturated heterocycles. The fraction of sp³-hybridized carbons (Fsp3) is 0.100. The lowest BCUT2D eigenvalue weighted by molar-refractivity contribution is 0.0488. The standard InChI is InChI=1S/C20H16BrN5O2/c21-15-8-4-7-14(9-15)20(27)28-10-16(13-5-2-1-3-6-13)26-19-17-18(23-11-22-17)24-12-25-19/h1-9,11-12,16H,10H2,(H2,22,23,24,25,26). The molecule has 7 nitrogen and oxygen atoms in total. The molecule has 1 atom stereocenters. The summed E-state index contributed by atoms with van der Waals surface area (Å²) < 4.78 is 6.40. The van der Waals surface area contributed by atoms with Gasteiger partial charge >= 0.3 is 5.97 Å². The second kappa shape index (κ2) is 8.18. The van der Waals surface area contributed by atoms with Crippen LogP contribution >= 0.6 is 15.9 Å². The molecule has 0 radical (unpaired) electrons. The van der Waals surface area contributed by atoms with Crippen LogP contribution in [0.3, 0.4) is 0 Å². The second-order valence-corrected chi connectivity index (χ2v) is 6.96. The number of fused-ring (bicyclic) bond motifs is 1. The number of aromatic nitrogens is 4. The maximum absolute atomic E-state index is 12.4. The van der Waals surface area contributed by atoms with E-state index in [2.05, 4.69) is 41.2 Å². The van der Waals surface area contributed by atoms with Gasteiger partial charge in [0.25, 0.3) is 0 Å². The number of benzene rings is 2. The molecule has 0 fully saturated rings. The van der Waals surface area contributed by atoms with Gasteiger partial charge in [0.05, 0.1) is 17.9 Å². The highest BCUT2D eigenvalue weighted by Gasteiger charge is 2.18. The Kier molecular flexibility index (Phi) is 5.29. The molecule has 1 unspecified atom stereocenters. The Hall–Kier alpha value is -3.26. The highest BCUT2D eigenvalue weighted by molar-refractivity contribution is 9.10. The summed E-state index contributed by atoms with van der Waals surface area (Å²) in [6.45, 7) is 0.134. The molecule has 2 aromatic heterocycles. The third kappa shape index (κ3) is 4.01. The minimum Gasteiger partial charge on any atom is -0.460 e. The molecule has 4 aromatic rings. The van der Waals surface area contributed by atoms with Gasteiger partial charge in [0, 0.05) is 4.47 Å². The van der Waals surface area contributed by atoms with Gasteiger partial charge < -0.3 is 15.0 Å². The minimum absolute atomic E-state index is 0.134. The Morgan fingerprint density at radius 1 is 1.11 bits per heavy atom. The van der Waals surface area contributed by atoms with Crippen LogP contribution in [-0.2, 0) is 4.74 Å². The number of rotatable bonds is 6. The van der Waals surface area contributed by atoms with Gasteiger partial charge in [-0.3, -0.25) is 0 Å². The summed E-state index contributed by atoms with van der Waals surface area (Å²) in [5, 5.41) is 3.33. The lowest BCUT2D eigenvalue weighted by Gasteiger charge is -2.20. The first-order valence-electron chi connectivity index (χ1n) is 8.59. The molecule has 0 amide bonds. The molecular weight excluding hydrogens is 422 g/mol. The molecule has 4 rings (SSSR count). The molecule has 0 spiro atoms. The van der Waals surface area contributed by atoms with Crippen LogP contribution in [0.4, 0.5) is 5.82 Å². The smallest absolute Gasteiger partial charge is 0.338 e. The highest BCUT2D eigenvalue weighted by Crippen LogP contribution is 2.23. The van der Waals surface area contributed by atoms with Crippen LogP contribution < -0.4 is 5.32 Å². The van der Waals surface area contributed by atoms with Crippen LogP contribution in [0.25, 0.3) is 11.2 Å².